The monoisotopic (exact) mass is 405 g/mol. The standard InChI is InChI=1S/C17H19N5O5S/c1-20-7-9-21(10-8-20)28(26,27)14-4-2-3-13(11-14)17(23)19-15-5-6-18-12-16(15)22(24)25/h2-6,11-12H,7-10H2,1H3,(H,18,19,23). The van der Waals surface area contributed by atoms with Crippen LogP contribution in [0.15, 0.2) is 47.6 Å². The lowest BCUT2D eigenvalue weighted by molar-refractivity contribution is -0.384. The topological polar surface area (TPSA) is 126 Å². The Balaban J connectivity index is 1.83. The molecule has 2 aromatic rings. The van der Waals surface area contributed by atoms with E-state index in [2.05, 4.69) is 10.3 Å². The minimum absolute atomic E-state index is 0.00827. The van der Waals surface area contributed by atoms with Gasteiger partial charge >= 0.3 is 5.69 Å². The number of aromatic nitrogens is 1. The Morgan fingerprint density at radius 2 is 1.93 bits per heavy atom. The quantitative estimate of drug-likeness (QED) is 0.585. The molecule has 0 bridgehead atoms. The van der Waals surface area contributed by atoms with Crippen molar-refractivity contribution in [2.75, 3.05) is 38.5 Å². The lowest BCUT2D eigenvalue weighted by Gasteiger charge is -2.31. The van der Waals surface area contributed by atoms with Crippen LogP contribution in [0.25, 0.3) is 0 Å². The van der Waals surface area contributed by atoms with E-state index in [9.17, 15) is 23.3 Å². The summed E-state index contributed by atoms with van der Waals surface area (Å²) in [7, 11) is -1.80. The predicted molar refractivity (Wildman–Crippen MR) is 102 cm³/mol. The van der Waals surface area contributed by atoms with Crippen molar-refractivity contribution in [1.29, 1.82) is 0 Å². The van der Waals surface area contributed by atoms with E-state index in [1.54, 1.807) is 0 Å². The lowest BCUT2D eigenvalue weighted by atomic mass is 10.2. The molecule has 0 saturated carbocycles. The maximum atomic E-state index is 12.8. The molecule has 0 unspecified atom stereocenters. The number of carbonyl (C=O) groups excluding carboxylic acids is 1. The van der Waals surface area contributed by atoms with E-state index in [0.717, 1.165) is 6.20 Å². The van der Waals surface area contributed by atoms with Gasteiger partial charge < -0.3 is 10.2 Å². The molecule has 3 rings (SSSR count). The second kappa shape index (κ2) is 8.00. The first-order chi connectivity index (χ1) is 13.3. The van der Waals surface area contributed by atoms with Gasteiger partial charge in [0.2, 0.25) is 10.0 Å². The van der Waals surface area contributed by atoms with Gasteiger partial charge in [0.15, 0.2) is 0 Å². The van der Waals surface area contributed by atoms with Gasteiger partial charge in [-0.3, -0.25) is 19.9 Å². The molecule has 1 aliphatic rings. The number of benzene rings is 1. The second-order valence-corrected chi connectivity index (χ2v) is 8.28. The van der Waals surface area contributed by atoms with Crippen molar-refractivity contribution in [1.82, 2.24) is 14.2 Å². The molecule has 1 amide bonds. The van der Waals surface area contributed by atoms with Crippen LogP contribution in [0.5, 0.6) is 0 Å². The number of piperazine rings is 1. The summed E-state index contributed by atoms with van der Waals surface area (Å²) < 4.78 is 27.1. The van der Waals surface area contributed by atoms with Crippen molar-refractivity contribution in [3.05, 3.63) is 58.4 Å². The summed E-state index contributed by atoms with van der Waals surface area (Å²) in [6.07, 6.45) is 2.35. The molecule has 2 heterocycles. The Kier molecular flexibility index (Phi) is 5.68. The molecular weight excluding hydrogens is 386 g/mol. The SMILES string of the molecule is CN1CCN(S(=O)(=O)c2cccc(C(=O)Nc3ccncc3[N+](=O)[O-])c2)CC1. The molecule has 11 heteroatoms. The number of carbonyl (C=O) groups is 1. The largest absolute Gasteiger partial charge is 0.316 e. The molecular formula is C17H19N5O5S. The average Bonchev–Trinajstić information content (AvgIpc) is 2.68. The van der Waals surface area contributed by atoms with Gasteiger partial charge in [0.1, 0.15) is 11.9 Å². The molecule has 148 valence electrons. The summed E-state index contributed by atoms with van der Waals surface area (Å²) >= 11 is 0. The number of amides is 1. The number of likely N-dealkylation sites (N-methyl/N-ethyl adjacent to an activating group) is 1. The Labute approximate surface area is 162 Å². The fraction of sp³-hybridized carbons (Fsp3) is 0.294. The van der Waals surface area contributed by atoms with Gasteiger partial charge in [-0.2, -0.15) is 4.31 Å². The molecule has 1 aromatic heterocycles. The Morgan fingerprint density at radius 3 is 2.61 bits per heavy atom. The molecule has 10 nitrogen and oxygen atoms in total. The number of nitrogens with one attached hydrogen (secondary N) is 1. The number of hydrogen-bond acceptors (Lipinski definition) is 7. The fourth-order valence-electron chi connectivity index (χ4n) is 2.81. The van der Waals surface area contributed by atoms with Crippen LogP contribution in [0.4, 0.5) is 11.4 Å². The summed E-state index contributed by atoms with van der Waals surface area (Å²) in [4.78, 5) is 28.6. The molecule has 1 aromatic carbocycles. The highest BCUT2D eigenvalue weighted by atomic mass is 32.2. The Hall–Kier alpha value is -2.89. The molecule has 0 aliphatic carbocycles. The van der Waals surface area contributed by atoms with Crippen molar-refractivity contribution in [2.45, 2.75) is 4.90 Å². The highest BCUT2D eigenvalue weighted by Gasteiger charge is 2.28. The third-order valence-corrected chi connectivity index (χ3v) is 6.34. The van der Waals surface area contributed by atoms with Crippen molar-refractivity contribution in [3.63, 3.8) is 0 Å². The van der Waals surface area contributed by atoms with Crippen LogP contribution in [0, 0.1) is 10.1 Å². The number of sulfonamides is 1. The molecule has 1 saturated heterocycles. The van der Waals surface area contributed by atoms with Gasteiger partial charge in [0, 0.05) is 37.9 Å². The number of nitrogens with zero attached hydrogens (tertiary/aromatic N) is 4. The van der Waals surface area contributed by atoms with Gasteiger partial charge in [-0.05, 0) is 31.3 Å². The maximum Gasteiger partial charge on any atom is 0.310 e. The van der Waals surface area contributed by atoms with E-state index >= 15 is 0 Å². The van der Waals surface area contributed by atoms with E-state index in [1.807, 2.05) is 11.9 Å². The molecule has 1 N–H and O–H groups in total. The zero-order valence-electron chi connectivity index (χ0n) is 15.1. The normalized spacial score (nSPS) is 15.9. The third-order valence-electron chi connectivity index (χ3n) is 4.44. The highest BCUT2D eigenvalue weighted by molar-refractivity contribution is 7.89. The highest BCUT2D eigenvalue weighted by Crippen LogP contribution is 2.24. The molecule has 1 aliphatic heterocycles. The lowest BCUT2D eigenvalue weighted by Crippen LogP contribution is -2.47. The van der Waals surface area contributed by atoms with Gasteiger partial charge in [-0.15, -0.1) is 0 Å². The summed E-state index contributed by atoms with van der Waals surface area (Å²) in [6.45, 7) is 2.01. The number of nitro groups is 1. The second-order valence-electron chi connectivity index (χ2n) is 6.34. The van der Waals surface area contributed by atoms with Crippen LogP contribution < -0.4 is 5.32 Å². The van der Waals surface area contributed by atoms with Gasteiger partial charge in [0.25, 0.3) is 5.91 Å². The molecule has 1 fully saturated rings. The van der Waals surface area contributed by atoms with Crippen molar-refractivity contribution in [2.24, 2.45) is 0 Å². The van der Waals surface area contributed by atoms with Crippen LogP contribution in [0.1, 0.15) is 10.4 Å². The predicted octanol–water partition coefficient (Wildman–Crippen LogP) is 1.18. The van der Waals surface area contributed by atoms with Crippen LogP contribution in [-0.4, -0.2) is 66.7 Å². The molecule has 0 atom stereocenters. The van der Waals surface area contributed by atoms with E-state index in [-0.39, 0.29) is 21.8 Å². The first kappa shape index (κ1) is 19.9. The minimum atomic E-state index is -3.73. The molecule has 0 spiro atoms. The summed E-state index contributed by atoms with van der Waals surface area (Å²) in [5, 5.41) is 13.5. The Morgan fingerprint density at radius 1 is 1.21 bits per heavy atom. The van der Waals surface area contributed by atoms with Crippen LogP contribution in [-0.2, 0) is 10.0 Å². The number of anilines is 1. The molecule has 28 heavy (non-hydrogen) atoms. The number of pyridine rings is 1. The average molecular weight is 405 g/mol. The fourth-order valence-corrected chi connectivity index (χ4v) is 4.28. The number of rotatable bonds is 5. The first-order valence-electron chi connectivity index (χ1n) is 8.47. The van der Waals surface area contributed by atoms with Crippen molar-refractivity contribution in [3.8, 4) is 0 Å². The van der Waals surface area contributed by atoms with Crippen LogP contribution >= 0.6 is 0 Å². The maximum absolute atomic E-state index is 12.8. The van der Waals surface area contributed by atoms with E-state index in [0.29, 0.717) is 26.2 Å². The van der Waals surface area contributed by atoms with Gasteiger partial charge in [-0.25, -0.2) is 8.42 Å². The summed E-state index contributed by atoms with van der Waals surface area (Å²) in [6, 6.07) is 6.93. The van der Waals surface area contributed by atoms with E-state index in [1.165, 1.54) is 40.8 Å². The van der Waals surface area contributed by atoms with Gasteiger partial charge in [0.05, 0.1) is 9.82 Å². The van der Waals surface area contributed by atoms with Crippen molar-refractivity contribution < 1.29 is 18.1 Å². The molecule has 0 radical (unpaired) electrons. The zero-order valence-corrected chi connectivity index (χ0v) is 15.9. The smallest absolute Gasteiger partial charge is 0.310 e. The van der Waals surface area contributed by atoms with E-state index < -0.39 is 20.9 Å². The summed E-state index contributed by atoms with van der Waals surface area (Å²) in [5.41, 5.74) is -0.282. The Bertz CT molecular complexity index is 1000. The van der Waals surface area contributed by atoms with Crippen LogP contribution in [0.3, 0.4) is 0 Å². The van der Waals surface area contributed by atoms with Crippen LogP contribution in [0.2, 0.25) is 0 Å². The zero-order chi connectivity index (χ0) is 20.3. The number of hydrogen-bond donors (Lipinski definition) is 1. The minimum Gasteiger partial charge on any atom is -0.316 e. The van der Waals surface area contributed by atoms with Gasteiger partial charge in [-0.1, -0.05) is 6.07 Å². The van der Waals surface area contributed by atoms with Crippen molar-refractivity contribution >= 4 is 27.3 Å². The van der Waals surface area contributed by atoms with E-state index in [4.69, 9.17) is 0 Å². The summed E-state index contributed by atoms with van der Waals surface area (Å²) in [5.74, 6) is -0.648. The first-order valence-corrected chi connectivity index (χ1v) is 9.91. The third kappa shape index (κ3) is 4.16.